The van der Waals surface area contributed by atoms with E-state index in [1.807, 2.05) is 31.2 Å². The van der Waals surface area contributed by atoms with E-state index in [4.69, 9.17) is 0 Å². The van der Waals surface area contributed by atoms with Crippen LogP contribution in [0.15, 0.2) is 72.1 Å². The summed E-state index contributed by atoms with van der Waals surface area (Å²) in [4.78, 5) is 12.5. The molecule has 1 aromatic rings. The molecule has 1 rings (SSSR count). The van der Waals surface area contributed by atoms with Crippen LogP contribution in [-0.2, 0) is 4.79 Å². The SMILES string of the molecule is C=CC(=C)C=C(C(=O)Nc1ccc(C)cc1)C(C)=C(F)CC. The maximum atomic E-state index is 13.9. The highest BCUT2D eigenvalue weighted by molar-refractivity contribution is 6.07. The summed E-state index contributed by atoms with van der Waals surface area (Å²) in [6.45, 7) is 12.6. The Kier molecular flexibility index (Phi) is 6.51. The molecule has 1 aromatic carbocycles. The number of rotatable bonds is 6. The van der Waals surface area contributed by atoms with Crippen LogP contribution in [0.3, 0.4) is 0 Å². The molecular formula is C19H22FNO. The molecule has 0 atom stereocenters. The van der Waals surface area contributed by atoms with E-state index < -0.39 is 0 Å². The van der Waals surface area contributed by atoms with Gasteiger partial charge in [-0.2, -0.15) is 0 Å². The van der Waals surface area contributed by atoms with E-state index in [1.54, 1.807) is 19.9 Å². The second-order valence-electron chi connectivity index (χ2n) is 5.04. The van der Waals surface area contributed by atoms with Crippen molar-refractivity contribution in [2.75, 3.05) is 5.32 Å². The van der Waals surface area contributed by atoms with Crippen LogP contribution < -0.4 is 5.32 Å². The molecule has 0 heterocycles. The van der Waals surface area contributed by atoms with Gasteiger partial charge in [0.2, 0.25) is 0 Å². The number of anilines is 1. The number of carbonyl (C=O) groups excluding carboxylic acids is 1. The highest BCUT2D eigenvalue weighted by Gasteiger charge is 2.15. The second-order valence-corrected chi connectivity index (χ2v) is 5.04. The lowest BCUT2D eigenvalue weighted by atomic mass is 10.0. The van der Waals surface area contributed by atoms with Gasteiger partial charge in [0, 0.05) is 11.3 Å². The normalized spacial score (nSPS) is 12.5. The van der Waals surface area contributed by atoms with Gasteiger partial charge in [0.05, 0.1) is 0 Å². The lowest BCUT2D eigenvalue weighted by Gasteiger charge is -2.11. The number of benzene rings is 1. The summed E-state index contributed by atoms with van der Waals surface area (Å²) in [6.07, 6.45) is 3.30. The van der Waals surface area contributed by atoms with Crippen molar-refractivity contribution >= 4 is 11.6 Å². The van der Waals surface area contributed by atoms with E-state index >= 15 is 0 Å². The van der Waals surface area contributed by atoms with Gasteiger partial charge in [-0.25, -0.2) is 4.39 Å². The van der Waals surface area contributed by atoms with Crippen molar-refractivity contribution < 1.29 is 9.18 Å². The molecule has 0 spiro atoms. The Hall–Kier alpha value is -2.42. The largest absolute Gasteiger partial charge is 0.322 e. The fraction of sp³-hybridized carbons (Fsp3) is 0.211. The van der Waals surface area contributed by atoms with Crippen molar-refractivity contribution in [2.45, 2.75) is 27.2 Å². The molecule has 0 saturated heterocycles. The first-order valence-electron chi connectivity index (χ1n) is 7.15. The van der Waals surface area contributed by atoms with Crippen LogP contribution in [-0.4, -0.2) is 5.91 Å². The summed E-state index contributed by atoms with van der Waals surface area (Å²) >= 11 is 0. The third-order valence-corrected chi connectivity index (χ3v) is 3.27. The number of hydrogen-bond acceptors (Lipinski definition) is 1. The Balaban J connectivity index is 3.13. The number of nitrogens with one attached hydrogen (secondary N) is 1. The van der Waals surface area contributed by atoms with Crippen LogP contribution in [0.1, 0.15) is 25.8 Å². The number of aryl methyl sites for hydroxylation is 1. The molecule has 3 heteroatoms. The van der Waals surface area contributed by atoms with Crippen molar-refractivity contribution in [3.8, 4) is 0 Å². The summed E-state index contributed by atoms with van der Waals surface area (Å²) in [7, 11) is 0. The van der Waals surface area contributed by atoms with Crippen LogP contribution in [0.2, 0.25) is 0 Å². The molecule has 0 bridgehead atoms. The van der Waals surface area contributed by atoms with Crippen molar-refractivity contribution in [3.05, 3.63) is 77.7 Å². The topological polar surface area (TPSA) is 29.1 Å². The third-order valence-electron chi connectivity index (χ3n) is 3.27. The van der Waals surface area contributed by atoms with Crippen molar-refractivity contribution in [2.24, 2.45) is 0 Å². The minimum atomic E-state index is -0.368. The van der Waals surface area contributed by atoms with Crippen molar-refractivity contribution in [3.63, 3.8) is 0 Å². The lowest BCUT2D eigenvalue weighted by Crippen LogP contribution is -2.16. The minimum absolute atomic E-state index is 0.238. The maximum Gasteiger partial charge on any atom is 0.256 e. The average Bonchev–Trinajstić information content (AvgIpc) is 2.52. The zero-order valence-electron chi connectivity index (χ0n) is 13.4. The predicted octanol–water partition coefficient (Wildman–Crippen LogP) is 5.26. The number of allylic oxidation sites excluding steroid dienone is 4. The van der Waals surface area contributed by atoms with E-state index in [9.17, 15) is 9.18 Å². The van der Waals surface area contributed by atoms with Gasteiger partial charge in [0.25, 0.3) is 5.91 Å². The van der Waals surface area contributed by atoms with Gasteiger partial charge in [0.1, 0.15) is 5.83 Å². The van der Waals surface area contributed by atoms with Gasteiger partial charge in [-0.15, -0.1) is 0 Å². The predicted molar refractivity (Wildman–Crippen MR) is 91.3 cm³/mol. The Morgan fingerprint density at radius 3 is 2.41 bits per heavy atom. The molecule has 22 heavy (non-hydrogen) atoms. The molecule has 1 amide bonds. The van der Waals surface area contributed by atoms with Gasteiger partial charge in [-0.05, 0) is 49.6 Å². The van der Waals surface area contributed by atoms with Gasteiger partial charge in [-0.3, -0.25) is 4.79 Å². The van der Waals surface area contributed by atoms with Crippen molar-refractivity contribution in [1.82, 2.24) is 0 Å². The summed E-state index contributed by atoms with van der Waals surface area (Å²) in [5, 5.41) is 2.78. The summed E-state index contributed by atoms with van der Waals surface area (Å²) in [5.74, 6) is -0.685. The van der Waals surface area contributed by atoms with E-state index in [1.165, 1.54) is 6.08 Å². The molecule has 1 N–H and O–H groups in total. The lowest BCUT2D eigenvalue weighted by molar-refractivity contribution is -0.112. The molecule has 0 unspecified atom stereocenters. The van der Waals surface area contributed by atoms with Crippen LogP contribution in [0.25, 0.3) is 0 Å². The molecular weight excluding hydrogens is 277 g/mol. The monoisotopic (exact) mass is 299 g/mol. The summed E-state index contributed by atoms with van der Waals surface area (Å²) in [5.41, 5.74) is 2.88. The minimum Gasteiger partial charge on any atom is -0.322 e. The first-order chi connectivity index (χ1) is 10.4. The zero-order valence-corrected chi connectivity index (χ0v) is 13.4. The average molecular weight is 299 g/mol. The van der Waals surface area contributed by atoms with E-state index in [2.05, 4.69) is 18.5 Å². The molecule has 0 radical (unpaired) electrons. The Morgan fingerprint density at radius 2 is 1.91 bits per heavy atom. The molecule has 2 nitrogen and oxygen atoms in total. The van der Waals surface area contributed by atoms with Gasteiger partial charge < -0.3 is 5.32 Å². The smallest absolute Gasteiger partial charge is 0.256 e. The van der Waals surface area contributed by atoms with Crippen LogP contribution >= 0.6 is 0 Å². The quantitative estimate of drug-likeness (QED) is 0.563. The number of halogens is 1. The molecule has 0 aliphatic heterocycles. The molecule has 116 valence electrons. The van der Waals surface area contributed by atoms with Crippen molar-refractivity contribution in [1.29, 1.82) is 0 Å². The molecule has 0 fully saturated rings. The fourth-order valence-electron chi connectivity index (χ4n) is 1.84. The Morgan fingerprint density at radius 1 is 1.32 bits per heavy atom. The molecule has 0 aliphatic carbocycles. The zero-order chi connectivity index (χ0) is 16.7. The third kappa shape index (κ3) is 4.85. The van der Waals surface area contributed by atoms with Crippen LogP contribution in [0.5, 0.6) is 0 Å². The van der Waals surface area contributed by atoms with E-state index in [0.29, 0.717) is 16.8 Å². The van der Waals surface area contributed by atoms with Gasteiger partial charge in [-0.1, -0.05) is 43.9 Å². The highest BCUT2D eigenvalue weighted by atomic mass is 19.1. The van der Waals surface area contributed by atoms with Crippen LogP contribution in [0, 0.1) is 6.92 Å². The van der Waals surface area contributed by atoms with Gasteiger partial charge in [0.15, 0.2) is 0 Å². The summed E-state index contributed by atoms with van der Waals surface area (Å²) < 4.78 is 13.9. The maximum absolute atomic E-state index is 13.9. The molecule has 0 saturated carbocycles. The van der Waals surface area contributed by atoms with E-state index in [-0.39, 0.29) is 23.7 Å². The number of carbonyl (C=O) groups is 1. The fourth-order valence-corrected chi connectivity index (χ4v) is 1.84. The van der Waals surface area contributed by atoms with Crippen LogP contribution in [0.4, 0.5) is 10.1 Å². The Labute approximate surface area is 131 Å². The first-order valence-corrected chi connectivity index (χ1v) is 7.15. The number of hydrogen-bond donors (Lipinski definition) is 1. The standard InChI is InChI=1S/C19H22FNO/c1-6-13(3)12-17(15(5)18(20)7-2)19(22)21-16-10-8-14(4)9-11-16/h6,8-12H,1,3,7H2,2,4-5H3,(H,21,22). The Bertz CT molecular complexity index is 636. The van der Waals surface area contributed by atoms with E-state index in [0.717, 1.165) is 5.56 Å². The molecule has 0 aliphatic rings. The first kappa shape index (κ1) is 17.6. The summed E-state index contributed by atoms with van der Waals surface area (Å²) in [6, 6.07) is 7.42. The molecule has 0 aromatic heterocycles. The van der Waals surface area contributed by atoms with Gasteiger partial charge >= 0.3 is 0 Å². The highest BCUT2D eigenvalue weighted by Crippen LogP contribution is 2.21. The second kappa shape index (κ2) is 8.13. The number of amides is 1.